The molecule has 2 aliphatic rings. The van der Waals surface area contributed by atoms with E-state index in [1.54, 1.807) is 0 Å². The second-order valence-corrected chi connectivity index (χ2v) is 7.67. The predicted molar refractivity (Wildman–Crippen MR) is 87.7 cm³/mol. The molecule has 0 aromatic heterocycles. The minimum Gasteiger partial charge on any atom is -0.490 e. The van der Waals surface area contributed by atoms with Crippen molar-refractivity contribution < 1.29 is 4.74 Å². The molecule has 1 heterocycles. The maximum atomic E-state index is 5.79. The molecule has 1 fully saturated rings. The molecular weight excluding hydrogens is 312 g/mol. The number of hydrogen-bond acceptors (Lipinski definition) is 1. The van der Waals surface area contributed by atoms with E-state index in [9.17, 15) is 0 Å². The normalized spacial score (nSPS) is 24.8. The molecule has 0 amide bonds. The molecule has 1 aliphatic heterocycles. The number of alkyl halides is 1. The van der Waals surface area contributed by atoms with Gasteiger partial charge in [-0.25, -0.2) is 0 Å². The van der Waals surface area contributed by atoms with Crippen molar-refractivity contribution in [1.82, 2.24) is 0 Å². The SMILES string of the molecule is CC1Cc2cc(C(Br)CC3CCCCCC3)ccc2O1. The largest absolute Gasteiger partial charge is 0.490 e. The summed E-state index contributed by atoms with van der Waals surface area (Å²) in [6, 6.07) is 6.76. The Bertz CT molecular complexity index is 449. The summed E-state index contributed by atoms with van der Waals surface area (Å²) in [5, 5.41) is 0. The summed E-state index contributed by atoms with van der Waals surface area (Å²) in [6.07, 6.45) is 11.3. The molecule has 1 nitrogen and oxygen atoms in total. The van der Waals surface area contributed by atoms with Crippen LogP contribution < -0.4 is 4.74 Å². The Hall–Kier alpha value is -0.500. The first-order valence-electron chi connectivity index (χ1n) is 8.16. The topological polar surface area (TPSA) is 9.23 Å². The maximum Gasteiger partial charge on any atom is 0.123 e. The summed E-state index contributed by atoms with van der Waals surface area (Å²) in [5.41, 5.74) is 2.83. The molecule has 2 atom stereocenters. The van der Waals surface area contributed by atoms with Crippen LogP contribution in [0.2, 0.25) is 0 Å². The van der Waals surface area contributed by atoms with Crippen LogP contribution in [0.3, 0.4) is 0 Å². The molecule has 110 valence electrons. The molecule has 1 saturated carbocycles. The minimum atomic E-state index is 0.343. The van der Waals surface area contributed by atoms with Gasteiger partial charge in [0, 0.05) is 11.2 Å². The van der Waals surface area contributed by atoms with E-state index < -0.39 is 0 Å². The van der Waals surface area contributed by atoms with E-state index in [2.05, 4.69) is 41.1 Å². The Morgan fingerprint density at radius 2 is 1.95 bits per heavy atom. The summed E-state index contributed by atoms with van der Waals surface area (Å²) < 4.78 is 5.79. The van der Waals surface area contributed by atoms with Crippen LogP contribution in [-0.4, -0.2) is 6.10 Å². The fourth-order valence-corrected chi connectivity index (χ4v) is 4.48. The van der Waals surface area contributed by atoms with E-state index >= 15 is 0 Å². The molecular formula is C18H25BrO. The predicted octanol–water partition coefficient (Wildman–Crippen LogP) is 5.81. The van der Waals surface area contributed by atoms with Crippen molar-refractivity contribution >= 4 is 15.9 Å². The lowest BCUT2D eigenvalue weighted by atomic mass is 9.92. The molecule has 0 N–H and O–H groups in total. The Morgan fingerprint density at radius 1 is 1.20 bits per heavy atom. The molecule has 2 heteroatoms. The van der Waals surface area contributed by atoms with Crippen molar-refractivity contribution in [3.8, 4) is 5.75 Å². The monoisotopic (exact) mass is 336 g/mol. The van der Waals surface area contributed by atoms with Gasteiger partial charge in [0.25, 0.3) is 0 Å². The summed E-state index contributed by atoms with van der Waals surface area (Å²) in [6.45, 7) is 2.15. The quantitative estimate of drug-likeness (QED) is 0.500. The standard InChI is InChI=1S/C18H25BrO/c1-13-10-16-12-15(8-9-18(16)20-13)17(19)11-14-6-4-2-3-5-7-14/h8-9,12-14,17H,2-7,10-11H2,1H3. The first-order chi connectivity index (χ1) is 9.72. The van der Waals surface area contributed by atoms with Gasteiger partial charge in [0.15, 0.2) is 0 Å². The van der Waals surface area contributed by atoms with Crippen LogP contribution in [0.4, 0.5) is 0 Å². The van der Waals surface area contributed by atoms with Gasteiger partial charge in [-0.2, -0.15) is 0 Å². The molecule has 1 aromatic carbocycles. The maximum absolute atomic E-state index is 5.79. The molecule has 0 bridgehead atoms. The van der Waals surface area contributed by atoms with Crippen LogP contribution in [0.15, 0.2) is 18.2 Å². The molecule has 1 aromatic rings. The van der Waals surface area contributed by atoms with Gasteiger partial charge in [0.1, 0.15) is 11.9 Å². The van der Waals surface area contributed by atoms with Crippen LogP contribution in [0.25, 0.3) is 0 Å². The van der Waals surface area contributed by atoms with Gasteiger partial charge >= 0.3 is 0 Å². The Labute approximate surface area is 131 Å². The Balaban J connectivity index is 1.65. The Kier molecular flexibility index (Phi) is 4.70. The summed E-state index contributed by atoms with van der Waals surface area (Å²) in [4.78, 5) is 0.506. The van der Waals surface area contributed by atoms with Crippen molar-refractivity contribution in [2.45, 2.75) is 69.2 Å². The van der Waals surface area contributed by atoms with Crippen LogP contribution in [0.5, 0.6) is 5.75 Å². The van der Waals surface area contributed by atoms with Crippen LogP contribution in [0, 0.1) is 5.92 Å². The highest BCUT2D eigenvalue weighted by Gasteiger charge is 2.22. The number of rotatable bonds is 3. The van der Waals surface area contributed by atoms with Gasteiger partial charge in [0.2, 0.25) is 0 Å². The molecule has 1 aliphatic carbocycles. The second-order valence-electron chi connectivity index (χ2n) is 6.56. The third-order valence-corrected chi connectivity index (χ3v) is 5.70. The van der Waals surface area contributed by atoms with E-state index in [0.29, 0.717) is 10.9 Å². The Morgan fingerprint density at radius 3 is 2.70 bits per heavy atom. The average molecular weight is 337 g/mol. The lowest BCUT2D eigenvalue weighted by molar-refractivity contribution is 0.254. The van der Waals surface area contributed by atoms with E-state index in [1.165, 1.54) is 56.1 Å². The molecule has 0 saturated heterocycles. The molecule has 0 radical (unpaired) electrons. The first kappa shape index (κ1) is 14.4. The van der Waals surface area contributed by atoms with Crippen molar-refractivity contribution in [3.05, 3.63) is 29.3 Å². The van der Waals surface area contributed by atoms with E-state index in [-0.39, 0.29) is 0 Å². The van der Waals surface area contributed by atoms with Crippen LogP contribution in [0.1, 0.15) is 67.8 Å². The smallest absolute Gasteiger partial charge is 0.123 e. The summed E-state index contributed by atoms with van der Waals surface area (Å²) in [5.74, 6) is 2.00. The average Bonchev–Trinajstić information content (AvgIpc) is 2.62. The zero-order valence-electron chi connectivity index (χ0n) is 12.4. The number of ether oxygens (including phenoxy) is 1. The van der Waals surface area contributed by atoms with Crippen molar-refractivity contribution in [1.29, 1.82) is 0 Å². The number of hydrogen-bond donors (Lipinski definition) is 0. The zero-order chi connectivity index (χ0) is 13.9. The highest BCUT2D eigenvalue weighted by Crippen LogP contribution is 2.38. The fraction of sp³-hybridized carbons (Fsp3) is 0.667. The highest BCUT2D eigenvalue weighted by atomic mass is 79.9. The molecule has 2 unspecified atom stereocenters. The van der Waals surface area contributed by atoms with Crippen LogP contribution >= 0.6 is 15.9 Å². The molecule has 0 spiro atoms. The van der Waals surface area contributed by atoms with E-state index in [0.717, 1.165) is 18.1 Å². The first-order valence-corrected chi connectivity index (χ1v) is 9.07. The van der Waals surface area contributed by atoms with Gasteiger partial charge in [-0.3, -0.25) is 0 Å². The van der Waals surface area contributed by atoms with Gasteiger partial charge in [-0.15, -0.1) is 0 Å². The second kappa shape index (κ2) is 6.51. The van der Waals surface area contributed by atoms with Crippen molar-refractivity contribution in [3.63, 3.8) is 0 Å². The summed E-state index contributed by atoms with van der Waals surface area (Å²) >= 11 is 3.93. The van der Waals surface area contributed by atoms with Gasteiger partial charge in [-0.1, -0.05) is 66.6 Å². The third-order valence-electron chi connectivity index (χ3n) is 4.80. The summed E-state index contributed by atoms with van der Waals surface area (Å²) in [7, 11) is 0. The number of fused-ring (bicyclic) bond motifs is 1. The van der Waals surface area contributed by atoms with E-state index in [4.69, 9.17) is 4.74 Å². The molecule has 20 heavy (non-hydrogen) atoms. The minimum absolute atomic E-state index is 0.343. The van der Waals surface area contributed by atoms with Crippen molar-refractivity contribution in [2.75, 3.05) is 0 Å². The van der Waals surface area contributed by atoms with Crippen LogP contribution in [-0.2, 0) is 6.42 Å². The lowest BCUT2D eigenvalue weighted by Crippen LogP contribution is -2.05. The van der Waals surface area contributed by atoms with Gasteiger partial charge in [-0.05, 0) is 36.5 Å². The zero-order valence-corrected chi connectivity index (χ0v) is 14.0. The van der Waals surface area contributed by atoms with Gasteiger partial charge in [0.05, 0.1) is 0 Å². The van der Waals surface area contributed by atoms with Crippen molar-refractivity contribution in [2.24, 2.45) is 5.92 Å². The number of benzene rings is 1. The fourth-order valence-electron chi connectivity index (χ4n) is 3.67. The molecule has 3 rings (SSSR count). The lowest BCUT2D eigenvalue weighted by Gasteiger charge is -2.19. The highest BCUT2D eigenvalue weighted by molar-refractivity contribution is 9.09. The van der Waals surface area contributed by atoms with E-state index in [1.807, 2.05) is 0 Å². The third kappa shape index (κ3) is 3.39. The van der Waals surface area contributed by atoms with Gasteiger partial charge < -0.3 is 4.74 Å². The number of halogens is 1.